The number of nitrogens with zero attached hydrogens (tertiary/aromatic N) is 2. The van der Waals surface area contributed by atoms with Gasteiger partial charge in [-0.15, -0.1) is 11.3 Å². The van der Waals surface area contributed by atoms with Gasteiger partial charge < -0.3 is 10.4 Å². The van der Waals surface area contributed by atoms with Gasteiger partial charge in [0.25, 0.3) is 5.56 Å². The van der Waals surface area contributed by atoms with Crippen LogP contribution in [0.25, 0.3) is 10.2 Å². The molecule has 0 saturated heterocycles. The van der Waals surface area contributed by atoms with Crippen LogP contribution in [0, 0.1) is 5.92 Å². The monoisotopic (exact) mass is 323 g/mol. The van der Waals surface area contributed by atoms with Gasteiger partial charge in [0.15, 0.2) is 0 Å². The minimum absolute atomic E-state index is 0.132. The van der Waals surface area contributed by atoms with Gasteiger partial charge in [0.05, 0.1) is 11.7 Å². The molecular formula is C14H17N3O4S. The number of fused-ring (bicyclic) bond motifs is 1. The van der Waals surface area contributed by atoms with Crippen molar-refractivity contribution in [1.29, 1.82) is 0 Å². The number of nitrogens with one attached hydrogen (secondary N) is 1. The molecule has 0 aliphatic rings. The van der Waals surface area contributed by atoms with Gasteiger partial charge in [0, 0.05) is 0 Å². The molecule has 0 aromatic carbocycles. The van der Waals surface area contributed by atoms with Crippen LogP contribution in [0.1, 0.15) is 20.3 Å². The van der Waals surface area contributed by atoms with Crippen LogP contribution in [0.3, 0.4) is 0 Å². The number of hydrogen-bond donors (Lipinski definition) is 2. The molecular weight excluding hydrogens is 306 g/mol. The van der Waals surface area contributed by atoms with Gasteiger partial charge in [0.2, 0.25) is 5.91 Å². The fourth-order valence-electron chi connectivity index (χ4n) is 2.09. The molecule has 1 unspecified atom stereocenters. The second-order valence-corrected chi connectivity index (χ2v) is 6.30. The molecule has 1 atom stereocenters. The average Bonchev–Trinajstić information content (AvgIpc) is 2.90. The lowest BCUT2D eigenvalue weighted by Gasteiger charge is -2.16. The number of carbonyl (C=O) groups excluding carboxylic acids is 1. The van der Waals surface area contributed by atoms with Crippen LogP contribution in [-0.4, -0.2) is 32.6 Å². The fourth-order valence-corrected chi connectivity index (χ4v) is 2.82. The zero-order chi connectivity index (χ0) is 16.3. The van der Waals surface area contributed by atoms with Crippen LogP contribution < -0.4 is 10.9 Å². The first-order valence-corrected chi connectivity index (χ1v) is 7.71. The van der Waals surface area contributed by atoms with Crippen LogP contribution in [0.2, 0.25) is 0 Å². The Morgan fingerprint density at radius 3 is 2.82 bits per heavy atom. The number of thiophene rings is 1. The van der Waals surface area contributed by atoms with E-state index in [1.165, 1.54) is 22.2 Å². The van der Waals surface area contributed by atoms with Crippen LogP contribution >= 0.6 is 11.3 Å². The molecule has 0 aliphatic heterocycles. The van der Waals surface area contributed by atoms with Gasteiger partial charge in [-0.1, -0.05) is 13.8 Å². The van der Waals surface area contributed by atoms with E-state index in [9.17, 15) is 14.4 Å². The lowest BCUT2D eigenvalue weighted by molar-refractivity contribution is -0.142. The topological polar surface area (TPSA) is 101 Å². The lowest BCUT2D eigenvalue weighted by atomic mass is 10.0. The van der Waals surface area contributed by atoms with Crippen LogP contribution in [-0.2, 0) is 16.1 Å². The van der Waals surface area contributed by atoms with Crippen molar-refractivity contribution in [3.8, 4) is 0 Å². The average molecular weight is 323 g/mol. The van der Waals surface area contributed by atoms with Gasteiger partial charge in [-0.25, -0.2) is 9.78 Å². The molecule has 0 bridgehead atoms. The van der Waals surface area contributed by atoms with Crippen molar-refractivity contribution in [3.05, 3.63) is 28.1 Å². The summed E-state index contributed by atoms with van der Waals surface area (Å²) >= 11 is 1.35. The maximum atomic E-state index is 12.2. The molecule has 2 rings (SSSR count). The van der Waals surface area contributed by atoms with Gasteiger partial charge in [-0.05, 0) is 23.8 Å². The molecule has 2 aromatic heterocycles. The second-order valence-electron chi connectivity index (χ2n) is 5.40. The third kappa shape index (κ3) is 3.70. The van der Waals surface area contributed by atoms with Gasteiger partial charge in [0.1, 0.15) is 17.4 Å². The van der Waals surface area contributed by atoms with Crippen molar-refractivity contribution in [3.63, 3.8) is 0 Å². The highest BCUT2D eigenvalue weighted by atomic mass is 32.1. The van der Waals surface area contributed by atoms with E-state index in [0.29, 0.717) is 16.6 Å². The van der Waals surface area contributed by atoms with Crippen molar-refractivity contribution < 1.29 is 14.7 Å². The van der Waals surface area contributed by atoms with Crippen LogP contribution in [0.4, 0.5) is 0 Å². The normalized spacial score (nSPS) is 12.5. The largest absolute Gasteiger partial charge is 0.480 e. The van der Waals surface area contributed by atoms with Crippen LogP contribution in [0.15, 0.2) is 22.6 Å². The summed E-state index contributed by atoms with van der Waals surface area (Å²) in [6.45, 7) is 3.50. The van der Waals surface area contributed by atoms with E-state index in [2.05, 4.69) is 10.3 Å². The molecule has 7 nitrogen and oxygen atoms in total. The Bertz CT molecular complexity index is 750. The summed E-state index contributed by atoms with van der Waals surface area (Å²) in [7, 11) is 0. The standard InChI is InChI=1S/C14H17N3O4S/c1-8(2)5-10(14(20)21)16-11(18)6-17-7-15-12-9(13(17)19)3-4-22-12/h3-4,7-8,10H,5-6H2,1-2H3,(H,16,18)(H,20,21). The van der Waals surface area contributed by atoms with Gasteiger partial charge in [-0.3, -0.25) is 14.2 Å². The molecule has 0 fully saturated rings. The van der Waals surface area contributed by atoms with E-state index >= 15 is 0 Å². The predicted octanol–water partition coefficient (Wildman–Crippen LogP) is 1.07. The number of rotatable bonds is 6. The third-order valence-electron chi connectivity index (χ3n) is 3.10. The highest BCUT2D eigenvalue weighted by molar-refractivity contribution is 7.16. The Labute approximate surface area is 130 Å². The van der Waals surface area contributed by atoms with Gasteiger partial charge >= 0.3 is 5.97 Å². The number of hydrogen-bond acceptors (Lipinski definition) is 5. The van der Waals surface area contributed by atoms with E-state index in [1.807, 2.05) is 13.8 Å². The SMILES string of the molecule is CC(C)CC(NC(=O)Cn1cnc2sccc2c1=O)C(=O)O. The van der Waals surface area contributed by atoms with Crippen molar-refractivity contribution >= 4 is 33.4 Å². The van der Waals surface area contributed by atoms with Crippen LogP contribution in [0.5, 0.6) is 0 Å². The van der Waals surface area contributed by atoms with E-state index in [4.69, 9.17) is 5.11 Å². The van der Waals surface area contributed by atoms with E-state index in [-0.39, 0.29) is 18.0 Å². The molecule has 1 amide bonds. The number of aromatic nitrogens is 2. The summed E-state index contributed by atoms with van der Waals surface area (Å²) in [5, 5.41) is 13.8. The summed E-state index contributed by atoms with van der Waals surface area (Å²) < 4.78 is 1.18. The minimum atomic E-state index is -1.08. The van der Waals surface area contributed by atoms with E-state index in [0.717, 1.165) is 0 Å². The molecule has 0 saturated carbocycles. The Balaban J connectivity index is 2.11. The number of aliphatic carboxylic acids is 1. The Morgan fingerprint density at radius 1 is 1.45 bits per heavy atom. The number of carboxylic acid groups (broad SMARTS) is 1. The van der Waals surface area contributed by atoms with Crippen molar-refractivity contribution in [2.45, 2.75) is 32.9 Å². The summed E-state index contributed by atoms with van der Waals surface area (Å²) in [4.78, 5) is 40.0. The van der Waals surface area contributed by atoms with E-state index in [1.54, 1.807) is 11.4 Å². The van der Waals surface area contributed by atoms with Crippen molar-refractivity contribution in [2.75, 3.05) is 0 Å². The first kappa shape index (κ1) is 16.2. The zero-order valence-electron chi connectivity index (χ0n) is 12.3. The van der Waals surface area contributed by atoms with Crippen molar-refractivity contribution in [1.82, 2.24) is 14.9 Å². The van der Waals surface area contributed by atoms with Crippen molar-refractivity contribution in [2.24, 2.45) is 5.92 Å². The zero-order valence-corrected chi connectivity index (χ0v) is 13.1. The molecule has 118 valence electrons. The number of carbonyl (C=O) groups is 2. The molecule has 2 heterocycles. The molecule has 2 N–H and O–H groups in total. The molecule has 0 radical (unpaired) electrons. The molecule has 2 aromatic rings. The summed E-state index contributed by atoms with van der Waals surface area (Å²) in [5.41, 5.74) is -0.308. The highest BCUT2D eigenvalue weighted by Gasteiger charge is 2.21. The molecule has 22 heavy (non-hydrogen) atoms. The predicted molar refractivity (Wildman–Crippen MR) is 82.9 cm³/mol. The maximum Gasteiger partial charge on any atom is 0.326 e. The Morgan fingerprint density at radius 2 is 2.18 bits per heavy atom. The second kappa shape index (κ2) is 6.69. The Hall–Kier alpha value is -2.22. The Kier molecular flexibility index (Phi) is 4.92. The maximum absolute atomic E-state index is 12.2. The first-order chi connectivity index (χ1) is 10.4. The molecule has 0 spiro atoms. The van der Waals surface area contributed by atoms with Gasteiger partial charge in [-0.2, -0.15) is 0 Å². The molecule has 0 aliphatic carbocycles. The smallest absolute Gasteiger partial charge is 0.326 e. The summed E-state index contributed by atoms with van der Waals surface area (Å²) in [5.74, 6) is -1.47. The fraction of sp³-hybridized carbons (Fsp3) is 0.429. The lowest BCUT2D eigenvalue weighted by Crippen LogP contribution is -2.44. The number of amides is 1. The summed E-state index contributed by atoms with van der Waals surface area (Å²) in [6, 6.07) is 0.698. The first-order valence-electron chi connectivity index (χ1n) is 6.83. The highest BCUT2D eigenvalue weighted by Crippen LogP contribution is 2.13. The minimum Gasteiger partial charge on any atom is -0.480 e. The molecule has 8 heteroatoms. The quantitative estimate of drug-likeness (QED) is 0.828. The number of carboxylic acids is 1. The van der Waals surface area contributed by atoms with E-state index < -0.39 is 17.9 Å². The summed E-state index contributed by atoms with van der Waals surface area (Å²) in [6.07, 6.45) is 1.64. The third-order valence-corrected chi connectivity index (χ3v) is 3.93.